The van der Waals surface area contributed by atoms with Crippen LogP contribution >= 0.6 is 15.9 Å². The van der Waals surface area contributed by atoms with Crippen molar-refractivity contribution in [3.05, 3.63) is 57.3 Å². The molecule has 100 valence electrons. The molecule has 3 N–H and O–H groups in total. The molecular weight excluding hydrogens is 325 g/mol. The summed E-state index contributed by atoms with van der Waals surface area (Å²) in [5.74, 6) is -0.543. The zero-order chi connectivity index (χ0) is 14.3. The van der Waals surface area contributed by atoms with E-state index < -0.39 is 5.95 Å². The number of fused-ring (bicyclic) bond motifs is 1. The Morgan fingerprint density at radius 2 is 2.05 bits per heavy atom. The average Bonchev–Trinajstić information content (AvgIpc) is 2.43. The minimum Gasteiger partial charge on any atom is -0.383 e. The first-order chi connectivity index (χ1) is 9.56. The first-order valence-corrected chi connectivity index (χ1v) is 6.59. The highest BCUT2D eigenvalue weighted by atomic mass is 79.9. The molecule has 0 aliphatic carbocycles. The third kappa shape index (κ3) is 2.08. The Labute approximate surface area is 121 Å². The number of hydrogen-bond acceptors (Lipinski definition) is 3. The molecule has 20 heavy (non-hydrogen) atoms. The summed E-state index contributed by atoms with van der Waals surface area (Å²) >= 11 is 3.09. The van der Waals surface area contributed by atoms with Crippen molar-refractivity contribution < 1.29 is 4.39 Å². The molecule has 6 heteroatoms. The number of halogens is 2. The molecule has 1 aromatic carbocycles. The molecule has 0 amide bonds. The lowest BCUT2D eigenvalue weighted by Crippen LogP contribution is -2.04. The predicted molar refractivity (Wildman–Crippen MR) is 79.9 cm³/mol. The molecule has 0 spiro atoms. The normalized spacial score (nSPS) is 10.9. The predicted octanol–water partition coefficient (Wildman–Crippen LogP) is 3.07. The fourth-order valence-electron chi connectivity index (χ4n) is 2.07. The highest BCUT2D eigenvalue weighted by Gasteiger charge is 2.10. The molecule has 3 rings (SSSR count). The smallest absolute Gasteiger partial charge is 0.255 e. The summed E-state index contributed by atoms with van der Waals surface area (Å²) in [4.78, 5) is 17.9. The van der Waals surface area contributed by atoms with Crippen molar-refractivity contribution in [3.8, 4) is 11.1 Å². The number of nitrogen functional groups attached to an aromatic ring is 1. The minimum absolute atomic E-state index is 0.106. The Morgan fingerprint density at radius 3 is 2.85 bits per heavy atom. The zero-order valence-corrected chi connectivity index (χ0v) is 11.7. The van der Waals surface area contributed by atoms with E-state index >= 15 is 0 Å². The molecule has 2 aromatic heterocycles. The van der Waals surface area contributed by atoms with Crippen molar-refractivity contribution in [2.75, 3.05) is 5.73 Å². The molecule has 0 aliphatic heterocycles. The van der Waals surface area contributed by atoms with E-state index in [1.807, 2.05) is 6.07 Å². The molecule has 3 aromatic rings. The fourth-order valence-corrected chi connectivity index (χ4v) is 2.39. The van der Waals surface area contributed by atoms with Crippen LogP contribution in [-0.4, -0.2) is 9.97 Å². The summed E-state index contributed by atoms with van der Waals surface area (Å²) in [7, 11) is 0. The van der Waals surface area contributed by atoms with Gasteiger partial charge in [-0.15, -0.1) is 0 Å². The Hall–Kier alpha value is -2.21. The Balaban J connectivity index is 2.25. The first-order valence-electron chi connectivity index (χ1n) is 5.79. The van der Waals surface area contributed by atoms with Crippen molar-refractivity contribution in [3.63, 3.8) is 0 Å². The van der Waals surface area contributed by atoms with E-state index in [1.54, 1.807) is 30.5 Å². The van der Waals surface area contributed by atoms with E-state index in [1.165, 1.54) is 0 Å². The van der Waals surface area contributed by atoms with Gasteiger partial charge in [0.2, 0.25) is 5.95 Å². The second-order valence-electron chi connectivity index (χ2n) is 4.30. The largest absolute Gasteiger partial charge is 0.383 e. The summed E-state index contributed by atoms with van der Waals surface area (Å²) in [6.07, 6.45) is 1.58. The number of nitrogens with two attached hydrogens (primary N) is 1. The highest BCUT2D eigenvalue weighted by molar-refractivity contribution is 9.10. The van der Waals surface area contributed by atoms with Gasteiger partial charge in [0.15, 0.2) is 0 Å². The van der Waals surface area contributed by atoms with E-state index in [2.05, 4.69) is 25.9 Å². The molecular formula is C14H9BrFN3O. The van der Waals surface area contributed by atoms with Crippen LogP contribution in [0.1, 0.15) is 0 Å². The van der Waals surface area contributed by atoms with Crippen LogP contribution in [0, 0.1) is 5.95 Å². The van der Waals surface area contributed by atoms with Gasteiger partial charge in [-0.25, -0.2) is 4.98 Å². The van der Waals surface area contributed by atoms with Gasteiger partial charge in [0.05, 0.1) is 4.47 Å². The van der Waals surface area contributed by atoms with E-state index in [9.17, 15) is 9.18 Å². The molecule has 0 saturated heterocycles. The lowest BCUT2D eigenvalue weighted by Gasteiger charge is -2.07. The van der Waals surface area contributed by atoms with Crippen LogP contribution in [0.25, 0.3) is 21.9 Å². The summed E-state index contributed by atoms with van der Waals surface area (Å²) in [5, 5.41) is 1.37. The topological polar surface area (TPSA) is 71.8 Å². The van der Waals surface area contributed by atoms with E-state index in [0.717, 1.165) is 10.9 Å². The van der Waals surface area contributed by atoms with Crippen LogP contribution in [0.5, 0.6) is 0 Å². The number of aromatic nitrogens is 2. The molecule has 0 aliphatic rings. The van der Waals surface area contributed by atoms with Crippen molar-refractivity contribution in [1.29, 1.82) is 0 Å². The van der Waals surface area contributed by atoms with Crippen LogP contribution in [0.15, 0.2) is 45.8 Å². The SMILES string of the molecule is Nc1nc(F)c(Br)cc1-c1ccc2c(=O)[nH]ccc2c1. The van der Waals surface area contributed by atoms with Gasteiger partial charge in [0.1, 0.15) is 5.82 Å². The Kier molecular flexibility index (Phi) is 3.02. The van der Waals surface area contributed by atoms with Gasteiger partial charge < -0.3 is 10.7 Å². The third-order valence-corrected chi connectivity index (χ3v) is 3.60. The number of pyridine rings is 2. The number of nitrogens with zero attached hydrogens (tertiary/aromatic N) is 1. The van der Waals surface area contributed by atoms with Crippen molar-refractivity contribution >= 4 is 32.5 Å². The van der Waals surface area contributed by atoms with E-state index in [-0.39, 0.29) is 15.8 Å². The summed E-state index contributed by atoms with van der Waals surface area (Å²) in [5.41, 5.74) is 6.99. The monoisotopic (exact) mass is 333 g/mol. The Bertz CT molecular complexity index is 876. The zero-order valence-electron chi connectivity index (χ0n) is 10.2. The number of H-pyrrole nitrogens is 1. The van der Waals surface area contributed by atoms with Crippen LogP contribution in [-0.2, 0) is 0 Å². The lowest BCUT2D eigenvalue weighted by molar-refractivity contribution is 0.579. The number of aromatic amines is 1. The molecule has 0 radical (unpaired) electrons. The van der Waals surface area contributed by atoms with Crippen LogP contribution < -0.4 is 11.3 Å². The molecule has 2 heterocycles. The van der Waals surface area contributed by atoms with E-state index in [0.29, 0.717) is 10.9 Å². The second kappa shape index (κ2) is 4.72. The van der Waals surface area contributed by atoms with Gasteiger partial charge in [-0.1, -0.05) is 6.07 Å². The van der Waals surface area contributed by atoms with Gasteiger partial charge in [-0.3, -0.25) is 4.79 Å². The van der Waals surface area contributed by atoms with Gasteiger partial charge >= 0.3 is 0 Å². The maximum Gasteiger partial charge on any atom is 0.255 e. The summed E-state index contributed by atoms with van der Waals surface area (Å²) in [6.45, 7) is 0. The van der Waals surface area contributed by atoms with Gasteiger partial charge in [0, 0.05) is 17.1 Å². The van der Waals surface area contributed by atoms with Gasteiger partial charge in [0.25, 0.3) is 5.56 Å². The van der Waals surface area contributed by atoms with Crippen LogP contribution in [0.3, 0.4) is 0 Å². The molecule has 0 saturated carbocycles. The number of anilines is 1. The van der Waals surface area contributed by atoms with Crippen molar-refractivity contribution in [2.45, 2.75) is 0 Å². The molecule has 0 bridgehead atoms. The van der Waals surface area contributed by atoms with E-state index in [4.69, 9.17) is 5.73 Å². The average molecular weight is 334 g/mol. The molecule has 0 unspecified atom stereocenters. The number of nitrogens with one attached hydrogen (secondary N) is 1. The maximum atomic E-state index is 13.3. The summed E-state index contributed by atoms with van der Waals surface area (Å²) in [6, 6.07) is 8.66. The number of rotatable bonds is 1. The molecule has 0 atom stereocenters. The number of hydrogen-bond donors (Lipinski definition) is 2. The van der Waals surface area contributed by atoms with Gasteiger partial charge in [-0.2, -0.15) is 4.39 Å². The third-order valence-electron chi connectivity index (χ3n) is 3.05. The fraction of sp³-hybridized carbons (Fsp3) is 0. The Morgan fingerprint density at radius 1 is 1.25 bits per heavy atom. The maximum absolute atomic E-state index is 13.3. The van der Waals surface area contributed by atoms with Crippen molar-refractivity contribution in [2.24, 2.45) is 0 Å². The van der Waals surface area contributed by atoms with Crippen LogP contribution in [0.4, 0.5) is 10.2 Å². The minimum atomic E-state index is -0.650. The standard InChI is InChI=1S/C14H9BrFN3O/c15-11-6-10(13(17)19-12(11)16)7-1-2-9-8(5-7)3-4-18-14(9)20/h1-6H,(H2,17,19)(H,18,20). The molecule has 4 nitrogen and oxygen atoms in total. The highest BCUT2D eigenvalue weighted by Crippen LogP contribution is 2.30. The second-order valence-corrected chi connectivity index (χ2v) is 5.16. The lowest BCUT2D eigenvalue weighted by atomic mass is 10.0. The number of benzene rings is 1. The van der Waals surface area contributed by atoms with Gasteiger partial charge in [-0.05, 0) is 51.1 Å². The summed E-state index contributed by atoms with van der Waals surface area (Å²) < 4.78 is 13.5. The first kappa shape index (κ1) is 12.8. The quantitative estimate of drug-likeness (QED) is 0.672. The van der Waals surface area contributed by atoms with Crippen molar-refractivity contribution in [1.82, 2.24) is 9.97 Å². The molecule has 0 fully saturated rings. The van der Waals surface area contributed by atoms with Crippen LogP contribution in [0.2, 0.25) is 0 Å².